The van der Waals surface area contributed by atoms with Gasteiger partial charge >= 0.3 is 0 Å². The summed E-state index contributed by atoms with van der Waals surface area (Å²) in [5, 5.41) is 0. The van der Waals surface area contributed by atoms with Crippen LogP contribution in [-0.4, -0.2) is 19.3 Å². The van der Waals surface area contributed by atoms with E-state index in [1.807, 2.05) is 37.3 Å². The lowest BCUT2D eigenvalue weighted by molar-refractivity contribution is 0.488. The average Bonchev–Trinajstić information content (AvgIpc) is 3.01. The lowest BCUT2D eigenvalue weighted by Gasteiger charge is -2.26. The summed E-state index contributed by atoms with van der Waals surface area (Å²) in [5.41, 5.74) is 4.30. The molecule has 0 atom stereocenters. The zero-order valence-corrected chi connectivity index (χ0v) is 16.8. The Balaban J connectivity index is 2.05. The maximum Gasteiger partial charge on any atom is 0.264 e. The number of hydrogen-bond donors (Lipinski definition) is 0. The minimum atomic E-state index is -3.54. The highest BCUT2D eigenvalue weighted by atomic mass is 32.2. The van der Waals surface area contributed by atoms with E-state index in [0.29, 0.717) is 17.9 Å². The summed E-state index contributed by atoms with van der Waals surface area (Å²) < 4.78 is 28.3. The molecule has 0 fully saturated rings. The lowest BCUT2D eigenvalue weighted by atomic mass is 9.83. The van der Waals surface area contributed by atoms with Crippen LogP contribution in [0.1, 0.15) is 38.3 Å². The van der Waals surface area contributed by atoms with E-state index in [-0.39, 0.29) is 5.41 Å². The molecule has 0 aliphatic carbocycles. The molecule has 0 unspecified atom stereocenters. The maximum atomic E-state index is 13.3. The van der Waals surface area contributed by atoms with Gasteiger partial charge in [-0.05, 0) is 42.0 Å². The number of allylic oxidation sites excluding steroid dienone is 1. The number of aryl methyl sites for hydroxylation is 1. The van der Waals surface area contributed by atoms with Crippen LogP contribution in [0.15, 0.2) is 70.8 Å². The second-order valence-corrected chi connectivity index (χ2v) is 9.84. The fraction of sp³-hybridized carbons (Fsp3) is 0.364. The first-order chi connectivity index (χ1) is 12.2. The molecule has 2 aromatic carbocycles. The molecule has 0 radical (unpaired) electrons. The van der Waals surface area contributed by atoms with Gasteiger partial charge in [0.25, 0.3) is 10.0 Å². The number of rotatable bonds is 4. The Hall–Kier alpha value is -2.07. The van der Waals surface area contributed by atoms with Gasteiger partial charge in [0.1, 0.15) is 0 Å². The van der Waals surface area contributed by atoms with Gasteiger partial charge in [0, 0.05) is 18.7 Å². The molecule has 4 heteroatoms. The monoisotopic (exact) mass is 369 g/mol. The topological polar surface area (TPSA) is 37.4 Å². The molecule has 0 saturated heterocycles. The van der Waals surface area contributed by atoms with Gasteiger partial charge in [-0.3, -0.25) is 4.31 Å². The van der Waals surface area contributed by atoms with E-state index >= 15 is 0 Å². The van der Waals surface area contributed by atoms with E-state index < -0.39 is 10.0 Å². The van der Waals surface area contributed by atoms with E-state index in [1.165, 1.54) is 5.57 Å². The highest BCUT2D eigenvalue weighted by Gasteiger charge is 2.36. The van der Waals surface area contributed by atoms with Gasteiger partial charge < -0.3 is 0 Å². The minimum Gasteiger partial charge on any atom is -0.270 e. The van der Waals surface area contributed by atoms with Crippen molar-refractivity contribution in [3.63, 3.8) is 0 Å². The summed E-state index contributed by atoms with van der Waals surface area (Å²) in [6.07, 6.45) is 1.43. The van der Waals surface area contributed by atoms with Crippen LogP contribution in [0.5, 0.6) is 0 Å². The third-order valence-electron chi connectivity index (χ3n) is 4.94. The third-order valence-corrected chi connectivity index (χ3v) is 6.79. The van der Waals surface area contributed by atoms with Crippen LogP contribution in [0.25, 0.3) is 0 Å². The molecule has 138 valence electrons. The molecule has 0 aromatic heterocycles. The fourth-order valence-corrected chi connectivity index (χ4v) is 5.07. The Morgan fingerprint density at radius 1 is 0.962 bits per heavy atom. The van der Waals surface area contributed by atoms with E-state index in [9.17, 15) is 8.42 Å². The molecule has 2 aromatic rings. The van der Waals surface area contributed by atoms with Crippen molar-refractivity contribution in [3.8, 4) is 0 Å². The third kappa shape index (κ3) is 3.70. The first kappa shape index (κ1) is 18.7. The number of hydrogen-bond acceptors (Lipinski definition) is 2. The van der Waals surface area contributed by atoms with Crippen LogP contribution in [0, 0.1) is 12.3 Å². The van der Waals surface area contributed by atoms with Crippen LogP contribution >= 0.6 is 0 Å². The molecule has 1 aliphatic heterocycles. The normalized spacial score (nSPS) is 15.6. The summed E-state index contributed by atoms with van der Waals surface area (Å²) in [5.74, 6) is 0. The highest BCUT2D eigenvalue weighted by Crippen LogP contribution is 2.40. The van der Waals surface area contributed by atoms with E-state index in [4.69, 9.17) is 0 Å². The average molecular weight is 370 g/mol. The summed E-state index contributed by atoms with van der Waals surface area (Å²) >= 11 is 0. The van der Waals surface area contributed by atoms with Crippen LogP contribution in [0.2, 0.25) is 0 Å². The smallest absolute Gasteiger partial charge is 0.264 e. The number of sulfonamides is 1. The molecule has 3 nitrogen and oxygen atoms in total. The van der Waals surface area contributed by atoms with E-state index in [0.717, 1.165) is 23.2 Å². The quantitative estimate of drug-likeness (QED) is 0.766. The molecule has 3 rings (SSSR count). The highest BCUT2D eigenvalue weighted by molar-refractivity contribution is 7.89. The van der Waals surface area contributed by atoms with Crippen molar-refractivity contribution in [1.82, 2.24) is 4.31 Å². The first-order valence-corrected chi connectivity index (χ1v) is 10.5. The molecule has 1 aliphatic rings. The molecule has 0 amide bonds. The molecular formula is C22H27NO2S. The van der Waals surface area contributed by atoms with E-state index in [2.05, 4.69) is 32.9 Å². The standard InChI is InChI=1S/C22H27NO2S/c1-17-10-12-19(13-11-17)26(24,25)23-15-14-20(22(2,3)4)21(23)16-18-8-6-5-7-9-18/h5-13H,14-16H2,1-4H3. The fourth-order valence-electron chi connectivity index (χ4n) is 3.54. The summed E-state index contributed by atoms with van der Waals surface area (Å²) in [7, 11) is -3.54. The molecule has 0 N–H and O–H groups in total. The molecule has 0 spiro atoms. The Labute approximate surface area is 157 Å². The van der Waals surface area contributed by atoms with Crippen molar-refractivity contribution >= 4 is 10.0 Å². The minimum absolute atomic E-state index is 0.0539. The van der Waals surface area contributed by atoms with Crippen molar-refractivity contribution in [2.75, 3.05) is 6.54 Å². The molecule has 1 heterocycles. The van der Waals surface area contributed by atoms with Gasteiger partial charge in [0.2, 0.25) is 0 Å². The van der Waals surface area contributed by atoms with E-state index in [1.54, 1.807) is 16.4 Å². The van der Waals surface area contributed by atoms with Crippen molar-refractivity contribution in [1.29, 1.82) is 0 Å². The predicted molar refractivity (Wildman–Crippen MR) is 106 cm³/mol. The Morgan fingerprint density at radius 3 is 2.15 bits per heavy atom. The van der Waals surface area contributed by atoms with Crippen LogP contribution in [0.4, 0.5) is 0 Å². The van der Waals surface area contributed by atoms with Gasteiger partial charge in [-0.2, -0.15) is 0 Å². The second-order valence-electron chi connectivity index (χ2n) is 7.98. The predicted octanol–water partition coefficient (Wildman–Crippen LogP) is 4.93. The zero-order chi connectivity index (χ0) is 18.9. The largest absolute Gasteiger partial charge is 0.270 e. The van der Waals surface area contributed by atoms with Crippen molar-refractivity contribution in [3.05, 3.63) is 77.0 Å². The Morgan fingerprint density at radius 2 is 1.58 bits per heavy atom. The molecular weight excluding hydrogens is 342 g/mol. The van der Waals surface area contributed by atoms with Crippen molar-refractivity contribution < 1.29 is 8.42 Å². The van der Waals surface area contributed by atoms with Crippen molar-refractivity contribution in [2.45, 2.75) is 45.4 Å². The Bertz CT molecular complexity index is 905. The zero-order valence-electron chi connectivity index (χ0n) is 16.0. The first-order valence-electron chi connectivity index (χ1n) is 9.05. The van der Waals surface area contributed by atoms with Crippen LogP contribution in [-0.2, 0) is 16.4 Å². The molecule has 0 bridgehead atoms. The van der Waals surface area contributed by atoms with Gasteiger partial charge in [-0.25, -0.2) is 8.42 Å². The summed E-state index contributed by atoms with van der Waals surface area (Å²) in [6, 6.07) is 17.2. The number of benzene rings is 2. The van der Waals surface area contributed by atoms with Gasteiger partial charge in [-0.1, -0.05) is 68.8 Å². The van der Waals surface area contributed by atoms with Crippen molar-refractivity contribution in [2.24, 2.45) is 5.41 Å². The molecule has 26 heavy (non-hydrogen) atoms. The van der Waals surface area contributed by atoms with Gasteiger partial charge in [0.15, 0.2) is 0 Å². The summed E-state index contributed by atoms with van der Waals surface area (Å²) in [6.45, 7) is 8.97. The second kappa shape index (κ2) is 6.92. The van der Waals surface area contributed by atoms with Gasteiger partial charge in [0.05, 0.1) is 4.90 Å². The number of nitrogens with zero attached hydrogens (tertiary/aromatic N) is 1. The van der Waals surface area contributed by atoms with Gasteiger partial charge in [-0.15, -0.1) is 0 Å². The summed E-state index contributed by atoms with van der Waals surface area (Å²) in [4.78, 5) is 0.365. The van der Waals surface area contributed by atoms with Crippen LogP contribution in [0.3, 0.4) is 0 Å². The Kier molecular flexibility index (Phi) is 4.98. The SMILES string of the molecule is Cc1ccc(S(=O)(=O)N2CCC(C(C)(C)C)=C2Cc2ccccc2)cc1. The molecule has 0 saturated carbocycles. The maximum absolute atomic E-state index is 13.3. The van der Waals surface area contributed by atoms with Crippen LogP contribution < -0.4 is 0 Å². The lowest BCUT2D eigenvalue weighted by Crippen LogP contribution is -2.29.